The van der Waals surface area contributed by atoms with Crippen molar-refractivity contribution in [2.45, 2.75) is 47.0 Å². The van der Waals surface area contributed by atoms with Gasteiger partial charge in [0.25, 0.3) is 5.91 Å². The molecule has 148 valence electrons. The standard InChI is InChI=1S/C21H25N3O4/c1-13(2)20-19(16(5)23-28-20)21(26)27-12-18(25)24(8-6-7-22)17-10-14(3)9-15(4)11-17/h9-11,13H,6,8,12H2,1-5H3. The number of carbonyl (C=O) groups is 2. The molecule has 1 amide bonds. The van der Waals surface area contributed by atoms with Gasteiger partial charge in [-0.05, 0) is 44.0 Å². The summed E-state index contributed by atoms with van der Waals surface area (Å²) in [5.74, 6) is -0.641. The molecule has 1 heterocycles. The van der Waals surface area contributed by atoms with Crippen LogP contribution in [0.25, 0.3) is 0 Å². The summed E-state index contributed by atoms with van der Waals surface area (Å²) in [4.78, 5) is 26.7. The molecule has 2 aromatic rings. The molecule has 0 bridgehead atoms. The molecule has 0 N–H and O–H groups in total. The van der Waals surface area contributed by atoms with Crippen LogP contribution in [0.1, 0.15) is 59.1 Å². The van der Waals surface area contributed by atoms with E-state index in [0.29, 0.717) is 17.1 Å². The molecule has 0 atom stereocenters. The highest BCUT2D eigenvalue weighted by Crippen LogP contribution is 2.23. The highest BCUT2D eigenvalue weighted by Gasteiger charge is 2.25. The number of nitrogens with zero attached hydrogens (tertiary/aromatic N) is 3. The summed E-state index contributed by atoms with van der Waals surface area (Å²) in [6.07, 6.45) is 0.176. The van der Waals surface area contributed by atoms with Crippen molar-refractivity contribution >= 4 is 17.6 Å². The third-order valence-corrected chi connectivity index (χ3v) is 4.21. The Hall–Kier alpha value is -3.14. The Morgan fingerprint density at radius 2 is 1.86 bits per heavy atom. The Kier molecular flexibility index (Phi) is 6.94. The summed E-state index contributed by atoms with van der Waals surface area (Å²) >= 11 is 0. The maximum atomic E-state index is 12.8. The number of amides is 1. The zero-order valence-corrected chi connectivity index (χ0v) is 16.9. The molecule has 0 fully saturated rings. The molecule has 2 rings (SSSR count). The molecule has 0 radical (unpaired) electrons. The Morgan fingerprint density at radius 3 is 2.43 bits per heavy atom. The number of aromatic nitrogens is 1. The zero-order chi connectivity index (χ0) is 20.8. The van der Waals surface area contributed by atoms with Crippen molar-refractivity contribution in [2.75, 3.05) is 18.1 Å². The minimum atomic E-state index is -0.642. The molecule has 0 spiro atoms. The summed E-state index contributed by atoms with van der Waals surface area (Å²) in [5.41, 5.74) is 3.37. The first kappa shape index (κ1) is 21.2. The van der Waals surface area contributed by atoms with Gasteiger partial charge in [0.05, 0.1) is 18.2 Å². The van der Waals surface area contributed by atoms with Gasteiger partial charge in [0.2, 0.25) is 0 Å². The SMILES string of the molecule is Cc1cc(C)cc(N(CCC#N)C(=O)COC(=O)c2c(C)noc2C(C)C)c1. The predicted octanol–water partition coefficient (Wildman–Crippen LogP) is 3.83. The van der Waals surface area contributed by atoms with E-state index in [1.54, 1.807) is 6.92 Å². The van der Waals surface area contributed by atoms with E-state index in [9.17, 15) is 9.59 Å². The van der Waals surface area contributed by atoms with Gasteiger partial charge in [0.1, 0.15) is 5.56 Å². The largest absolute Gasteiger partial charge is 0.452 e. The Labute approximate surface area is 164 Å². The first-order chi connectivity index (χ1) is 13.2. The fraction of sp³-hybridized carbons (Fsp3) is 0.429. The summed E-state index contributed by atoms with van der Waals surface area (Å²) < 4.78 is 10.4. The quantitative estimate of drug-likeness (QED) is 0.674. The lowest BCUT2D eigenvalue weighted by molar-refractivity contribution is -0.121. The number of rotatable bonds is 7. The van der Waals surface area contributed by atoms with Gasteiger partial charge in [0.15, 0.2) is 12.4 Å². The van der Waals surface area contributed by atoms with Gasteiger partial charge in [-0.3, -0.25) is 4.79 Å². The van der Waals surface area contributed by atoms with Gasteiger partial charge in [0, 0.05) is 18.2 Å². The minimum absolute atomic E-state index is 0.0400. The van der Waals surface area contributed by atoms with Crippen molar-refractivity contribution in [1.82, 2.24) is 5.16 Å². The normalized spacial score (nSPS) is 10.6. The lowest BCUT2D eigenvalue weighted by atomic mass is 10.1. The van der Waals surface area contributed by atoms with Crippen LogP contribution in [-0.2, 0) is 9.53 Å². The fourth-order valence-electron chi connectivity index (χ4n) is 2.97. The number of anilines is 1. The van der Waals surface area contributed by atoms with E-state index in [0.717, 1.165) is 11.1 Å². The van der Waals surface area contributed by atoms with Crippen LogP contribution in [0.5, 0.6) is 0 Å². The fourth-order valence-corrected chi connectivity index (χ4v) is 2.97. The van der Waals surface area contributed by atoms with E-state index < -0.39 is 18.5 Å². The lowest BCUT2D eigenvalue weighted by Crippen LogP contribution is -2.35. The molecular weight excluding hydrogens is 358 g/mol. The van der Waals surface area contributed by atoms with Crippen molar-refractivity contribution in [3.63, 3.8) is 0 Å². The molecule has 1 aromatic carbocycles. The van der Waals surface area contributed by atoms with Crippen LogP contribution in [0.15, 0.2) is 22.7 Å². The highest BCUT2D eigenvalue weighted by atomic mass is 16.5. The average Bonchev–Trinajstić information content (AvgIpc) is 3.01. The lowest BCUT2D eigenvalue weighted by Gasteiger charge is -2.22. The second-order valence-corrected chi connectivity index (χ2v) is 7.04. The van der Waals surface area contributed by atoms with Gasteiger partial charge in [-0.1, -0.05) is 25.1 Å². The van der Waals surface area contributed by atoms with Gasteiger partial charge in [-0.25, -0.2) is 4.79 Å². The summed E-state index contributed by atoms with van der Waals surface area (Å²) in [5, 5.41) is 12.7. The van der Waals surface area contributed by atoms with Gasteiger partial charge in [-0.2, -0.15) is 5.26 Å². The maximum absolute atomic E-state index is 12.8. The molecule has 0 saturated carbocycles. The van der Waals surface area contributed by atoms with Crippen LogP contribution in [-0.4, -0.2) is 30.2 Å². The Morgan fingerprint density at radius 1 is 1.21 bits per heavy atom. The number of benzene rings is 1. The van der Waals surface area contributed by atoms with Crippen LogP contribution in [0, 0.1) is 32.1 Å². The maximum Gasteiger partial charge on any atom is 0.344 e. The second-order valence-electron chi connectivity index (χ2n) is 7.04. The zero-order valence-electron chi connectivity index (χ0n) is 16.9. The highest BCUT2D eigenvalue weighted by molar-refractivity contribution is 5.98. The molecule has 7 heteroatoms. The van der Waals surface area contributed by atoms with E-state index in [1.165, 1.54) is 4.90 Å². The summed E-state index contributed by atoms with van der Waals surface area (Å²) in [7, 11) is 0. The molecule has 28 heavy (non-hydrogen) atoms. The first-order valence-electron chi connectivity index (χ1n) is 9.13. The van der Waals surface area contributed by atoms with Gasteiger partial charge >= 0.3 is 5.97 Å². The molecule has 0 aliphatic rings. The van der Waals surface area contributed by atoms with E-state index in [-0.39, 0.29) is 24.4 Å². The van der Waals surface area contributed by atoms with Crippen molar-refractivity contribution in [3.05, 3.63) is 46.3 Å². The first-order valence-corrected chi connectivity index (χ1v) is 9.13. The number of ether oxygens (including phenoxy) is 1. The second kappa shape index (κ2) is 9.18. The Bertz CT molecular complexity index is 889. The van der Waals surface area contributed by atoms with E-state index in [2.05, 4.69) is 5.16 Å². The number of hydrogen-bond acceptors (Lipinski definition) is 6. The summed E-state index contributed by atoms with van der Waals surface area (Å²) in [6.45, 7) is 9.08. The van der Waals surface area contributed by atoms with Crippen molar-refractivity contribution in [1.29, 1.82) is 5.26 Å². The number of carbonyl (C=O) groups excluding carboxylic acids is 2. The molecule has 0 aliphatic heterocycles. The third-order valence-electron chi connectivity index (χ3n) is 4.21. The molecule has 1 aromatic heterocycles. The molecule has 7 nitrogen and oxygen atoms in total. The average molecular weight is 383 g/mol. The monoisotopic (exact) mass is 383 g/mol. The van der Waals surface area contributed by atoms with E-state index in [1.807, 2.05) is 52.0 Å². The van der Waals surface area contributed by atoms with E-state index >= 15 is 0 Å². The predicted molar refractivity (Wildman–Crippen MR) is 104 cm³/mol. The van der Waals surface area contributed by atoms with Crippen molar-refractivity contribution < 1.29 is 18.8 Å². The van der Waals surface area contributed by atoms with Crippen LogP contribution >= 0.6 is 0 Å². The molecule has 0 aliphatic carbocycles. The molecule has 0 saturated heterocycles. The molecule has 0 unspecified atom stereocenters. The van der Waals surface area contributed by atoms with Crippen LogP contribution in [0.4, 0.5) is 5.69 Å². The number of nitriles is 1. The van der Waals surface area contributed by atoms with E-state index in [4.69, 9.17) is 14.5 Å². The van der Waals surface area contributed by atoms with Crippen molar-refractivity contribution in [3.8, 4) is 6.07 Å². The smallest absolute Gasteiger partial charge is 0.344 e. The molecular formula is C21H25N3O4. The topological polar surface area (TPSA) is 96.4 Å². The van der Waals surface area contributed by atoms with Crippen molar-refractivity contribution in [2.24, 2.45) is 0 Å². The van der Waals surface area contributed by atoms with Crippen LogP contribution in [0.3, 0.4) is 0 Å². The minimum Gasteiger partial charge on any atom is -0.452 e. The Balaban J connectivity index is 2.17. The number of hydrogen-bond donors (Lipinski definition) is 0. The summed E-state index contributed by atoms with van der Waals surface area (Å²) in [6, 6.07) is 7.78. The van der Waals surface area contributed by atoms with Crippen LogP contribution in [0.2, 0.25) is 0 Å². The number of esters is 1. The third kappa shape index (κ3) is 4.97. The van der Waals surface area contributed by atoms with Gasteiger partial charge in [-0.15, -0.1) is 0 Å². The number of aryl methyl sites for hydroxylation is 3. The van der Waals surface area contributed by atoms with Crippen LogP contribution < -0.4 is 4.90 Å². The van der Waals surface area contributed by atoms with Gasteiger partial charge < -0.3 is 14.2 Å².